The van der Waals surface area contributed by atoms with E-state index < -0.39 is 9.98 Å². The molecule has 7 nitrogen and oxygen atoms in total. The molecule has 1 spiro atoms. The van der Waals surface area contributed by atoms with Gasteiger partial charge < -0.3 is 19.1 Å². The molecular formula is C19H18N2O5S. The van der Waals surface area contributed by atoms with Crippen LogP contribution in [0.25, 0.3) is 6.08 Å². The highest BCUT2D eigenvalue weighted by atomic mass is 32.2. The van der Waals surface area contributed by atoms with Crippen molar-refractivity contribution in [3.8, 4) is 17.2 Å². The Balaban J connectivity index is 1.83. The summed E-state index contributed by atoms with van der Waals surface area (Å²) < 4.78 is 17.2. The highest BCUT2D eigenvalue weighted by Gasteiger charge is 2.49. The molecule has 1 atom stereocenters. The maximum absolute atomic E-state index is 11.2. The van der Waals surface area contributed by atoms with Gasteiger partial charge in [-0.15, -0.1) is 0 Å². The average molecular weight is 386 g/mol. The Morgan fingerprint density at radius 2 is 2.00 bits per heavy atom. The Bertz CT molecular complexity index is 990. The number of ether oxygens (including phenoxy) is 3. The second kappa shape index (κ2) is 6.09. The fourth-order valence-corrected chi connectivity index (χ4v) is 4.78. The fourth-order valence-electron chi connectivity index (χ4n) is 3.42. The van der Waals surface area contributed by atoms with E-state index in [4.69, 9.17) is 14.2 Å². The van der Waals surface area contributed by atoms with Gasteiger partial charge in [-0.1, -0.05) is 0 Å². The van der Waals surface area contributed by atoms with E-state index in [1.165, 1.54) is 19.2 Å². The van der Waals surface area contributed by atoms with Crippen LogP contribution in [-0.2, 0) is 0 Å². The lowest BCUT2D eigenvalue weighted by molar-refractivity contribution is -0.385. The van der Waals surface area contributed by atoms with Crippen LogP contribution < -0.4 is 19.1 Å². The van der Waals surface area contributed by atoms with Crippen LogP contribution in [0.4, 0.5) is 11.4 Å². The molecule has 4 rings (SSSR count). The Kier molecular flexibility index (Phi) is 3.96. The van der Waals surface area contributed by atoms with Crippen LogP contribution in [0.3, 0.4) is 0 Å². The van der Waals surface area contributed by atoms with E-state index in [2.05, 4.69) is 4.90 Å². The molecule has 0 aliphatic carbocycles. The van der Waals surface area contributed by atoms with Crippen molar-refractivity contribution in [3.05, 3.63) is 51.6 Å². The SMILES string of the molecule is COc1ccc2c(c1)S[C@]1(Oc3c(cc([N+](=O)[O-])cc3OC)C=C1C)N2C. The van der Waals surface area contributed by atoms with Crippen LogP contribution in [0.2, 0.25) is 0 Å². The summed E-state index contributed by atoms with van der Waals surface area (Å²) in [5.41, 5.74) is 2.56. The number of methoxy groups -OCH3 is 2. The zero-order valence-electron chi connectivity index (χ0n) is 15.3. The van der Waals surface area contributed by atoms with E-state index in [9.17, 15) is 10.1 Å². The van der Waals surface area contributed by atoms with E-state index >= 15 is 0 Å². The van der Waals surface area contributed by atoms with Crippen molar-refractivity contribution in [2.75, 3.05) is 26.2 Å². The highest BCUT2D eigenvalue weighted by Crippen LogP contribution is 2.57. The molecule has 0 saturated carbocycles. The minimum Gasteiger partial charge on any atom is -0.497 e. The zero-order chi connectivity index (χ0) is 19.3. The average Bonchev–Trinajstić information content (AvgIpc) is 2.93. The molecule has 2 aliphatic heterocycles. The number of hydrogen-bond acceptors (Lipinski definition) is 7. The van der Waals surface area contributed by atoms with Gasteiger partial charge in [0.25, 0.3) is 10.7 Å². The third-order valence-electron chi connectivity index (χ3n) is 4.83. The summed E-state index contributed by atoms with van der Waals surface area (Å²) in [7, 11) is 5.08. The number of fused-ring (bicyclic) bond motifs is 2. The van der Waals surface area contributed by atoms with Gasteiger partial charge in [0.05, 0.1) is 30.9 Å². The Morgan fingerprint density at radius 1 is 1.22 bits per heavy atom. The van der Waals surface area contributed by atoms with Crippen LogP contribution in [0.1, 0.15) is 12.5 Å². The smallest absolute Gasteiger partial charge is 0.274 e. The predicted octanol–water partition coefficient (Wildman–Crippen LogP) is 4.30. The Morgan fingerprint density at radius 3 is 2.67 bits per heavy atom. The topological polar surface area (TPSA) is 74.1 Å². The maximum atomic E-state index is 11.2. The van der Waals surface area contributed by atoms with E-state index in [0.717, 1.165) is 21.9 Å². The Labute approximate surface area is 160 Å². The molecule has 140 valence electrons. The van der Waals surface area contributed by atoms with Gasteiger partial charge in [0, 0.05) is 29.1 Å². The quantitative estimate of drug-likeness (QED) is 0.575. The van der Waals surface area contributed by atoms with Crippen molar-refractivity contribution in [1.82, 2.24) is 0 Å². The van der Waals surface area contributed by atoms with Crippen LogP contribution in [0, 0.1) is 10.1 Å². The van der Waals surface area contributed by atoms with E-state index in [1.807, 2.05) is 38.2 Å². The predicted molar refractivity (Wildman–Crippen MR) is 104 cm³/mol. The summed E-state index contributed by atoms with van der Waals surface area (Å²) in [6.45, 7) is 1.96. The number of likely N-dealkylation sites (N-methyl/N-ethyl adjacent to an activating group) is 1. The molecule has 0 N–H and O–H groups in total. The molecule has 0 amide bonds. The van der Waals surface area contributed by atoms with Crippen molar-refractivity contribution in [2.45, 2.75) is 16.9 Å². The van der Waals surface area contributed by atoms with E-state index in [0.29, 0.717) is 17.1 Å². The fraction of sp³-hybridized carbons (Fsp3) is 0.263. The molecule has 2 aliphatic rings. The molecule has 2 aromatic rings. The summed E-state index contributed by atoms with van der Waals surface area (Å²) >= 11 is 1.56. The molecule has 2 aromatic carbocycles. The second-order valence-corrected chi connectivity index (χ2v) is 7.53. The van der Waals surface area contributed by atoms with Gasteiger partial charge in [0.1, 0.15) is 5.75 Å². The summed E-state index contributed by atoms with van der Waals surface area (Å²) in [6.07, 6.45) is 1.92. The first kappa shape index (κ1) is 17.5. The molecule has 0 unspecified atom stereocenters. The van der Waals surface area contributed by atoms with Crippen LogP contribution in [-0.4, -0.2) is 31.2 Å². The first-order chi connectivity index (χ1) is 12.9. The molecular weight excluding hydrogens is 368 g/mol. The van der Waals surface area contributed by atoms with Gasteiger partial charge in [-0.2, -0.15) is 0 Å². The summed E-state index contributed by atoms with van der Waals surface area (Å²) in [5.74, 6) is 1.61. The van der Waals surface area contributed by atoms with Crippen LogP contribution in [0.15, 0.2) is 40.8 Å². The molecule has 0 aromatic heterocycles. The first-order valence-corrected chi connectivity index (χ1v) is 9.06. The van der Waals surface area contributed by atoms with Crippen molar-refractivity contribution in [3.63, 3.8) is 0 Å². The number of nitro benzene ring substituents is 1. The first-order valence-electron chi connectivity index (χ1n) is 8.24. The maximum Gasteiger partial charge on any atom is 0.274 e. The third kappa shape index (κ3) is 2.51. The van der Waals surface area contributed by atoms with Crippen LogP contribution >= 0.6 is 11.8 Å². The third-order valence-corrected chi connectivity index (χ3v) is 6.33. The molecule has 0 fully saturated rings. The highest BCUT2D eigenvalue weighted by molar-refractivity contribution is 8.01. The Hall–Kier alpha value is -2.87. The number of non-ortho nitro benzene ring substituents is 1. The van der Waals surface area contributed by atoms with Crippen LogP contribution in [0.5, 0.6) is 17.2 Å². The number of hydrogen-bond donors (Lipinski definition) is 0. The monoisotopic (exact) mass is 386 g/mol. The van der Waals surface area contributed by atoms with Crippen molar-refractivity contribution < 1.29 is 19.1 Å². The van der Waals surface area contributed by atoms with Crippen molar-refractivity contribution >= 4 is 29.2 Å². The number of rotatable bonds is 3. The van der Waals surface area contributed by atoms with Gasteiger partial charge in [-0.3, -0.25) is 10.1 Å². The number of nitrogens with zero attached hydrogens (tertiary/aromatic N) is 2. The minimum atomic E-state index is -0.787. The molecule has 0 saturated heterocycles. The standard InChI is InChI=1S/C19H18N2O5S/c1-11-7-12-8-13(21(22)23)9-16(25-4)18(12)26-19(11)20(2)15-6-5-14(24-3)10-17(15)27-19/h5-10H,1-4H3/t19-/m0/s1. The van der Waals surface area contributed by atoms with Gasteiger partial charge in [-0.05, 0) is 43.0 Å². The summed E-state index contributed by atoms with van der Waals surface area (Å²) in [6, 6.07) is 8.77. The normalized spacial score (nSPS) is 19.9. The largest absolute Gasteiger partial charge is 0.497 e. The van der Waals surface area contributed by atoms with E-state index in [-0.39, 0.29) is 5.69 Å². The molecule has 0 radical (unpaired) electrons. The van der Waals surface area contributed by atoms with Gasteiger partial charge >= 0.3 is 0 Å². The van der Waals surface area contributed by atoms with Gasteiger partial charge in [-0.25, -0.2) is 0 Å². The zero-order valence-corrected chi connectivity index (χ0v) is 16.1. The second-order valence-electron chi connectivity index (χ2n) is 6.33. The minimum absolute atomic E-state index is 0.0327. The lowest BCUT2D eigenvalue weighted by Gasteiger charge is -2.40. The number of anilines is 1. The van der Waals surface area contributed by atoms with E-state index in [1.54, 1.807) is 18.9 Å². The molecule has 27 heavy (non-hydrogen) atoms. The molecule has 2 heterocycles. The summed E-state index contributed by atoms with van der Waals surface area (Å²) in [4.78, 5) is 13.9. The van der Waals surface area contributed by atoms with Gasteiger partial charge in [0.15, 0.2) is 11.5 Å². The number of nitro groups is 1. The number of benzene rings is 2. The van der Waals surface area contributed by atoms with Crippen molar-refractivity contribution in [1.29, 1.82) is 0 Å². The lowest BCUT2D eigenvalue weighted by Crippen LogP contribution is -2.48. The van der Waals surface area contributed by atoms with Gasteiger partial charge in [0.2, 0.25) is 0 Å². The summed E-state index contributed by atoms with van der Waals surface area (Å²) in [5, 5.41) is 10.4. The molecule has 8 heteroatoms. The number of thioether (sulfide) groups is 1. The lowest BCUT2D eigenvalue weighted by atomic mass is 10.0. The molecule has 0 bridgehead atoms. The van der Waals surface area contributed by atoms with Crippen molar-refractivity contribution in [2.24, 2.45) is 0 Å².